The van der Waals surface area contributed by atoms with Crippen molar-refractivity contribution in [2.45, 2.75) is 44.8 Å². The molecule has 3 heterocycles. The van der Waals surface area contributed by atoms with Gasteiger partial charge in [0.2, 0.25) is 0 Å². The molecule has 1 aliphatic carbocycles. The number of aliphatic imine (C=N–C) groups is 1. The van der Waals surface area contributed by atoms with Gasteiger partial charge in [0, 0.05) is 35.1 Å². The van der Waals surface area contributed by atoms with Crippen molar-refractivity contribution < 1.29 is 13.5 Å². The lowest BCUT2D eigenvalue weighted by molar-refractivity contribution is -0.0616. The fourth-order valence-electron chi connectivity index (χ4n) is 4.42. The molecular weight excluding hydrogens is 474 g/mol. The second kappa shape index (κ2) is 9.36. The zero-order valence-electron chi connectivity index (χ0n) is 19.1. The number of nitriles is 1. The van der Waals surface area contributed by atoms with Crippen molar-refractivity contribution in [3.05, 3.63) is 56.2 Å². The Morgan fingerprint density at radius 1 is 1.29 bits per heavy atom. The maximum atomic E-state index is 13.7. The van der Waals surface area contributed by atoms with Gasteiger partial charge in [0.05, 0.1) is 17.9 Å². The summed E-state index contributed by atoms with van der Waals surface area (Å²) in [5.74, 6) is 0.594. The maximum absolute atomic E-state index is 13.7. The highest BCUT2D eigenvalue weighted by Gasteiger charge is 2.36. The summed E-state index contributed by atoms with van der Waals surface area (Å²) in [7, 11) is 0. The summed E-state index contributed by atoms with van der Waals surface area (Å²) < 4.78 is 34.9. The molecule has 5 rings (SSSR count). The average Bonchev–Trinajstić information content (AvgIpc) is 3.13. The molecule has 0 atom stereocenters. The number of hydrogen-bond acceptors (Lipinski definition) is 6. The fourth-order valence-corrected chi connectivity index (χ4v) is 4.60. The van der Waals surface area contributed by atoms with Gasteiger partial charge in [-0.15, -0.1) is 0 Å². The third kappa shape index (κ3) is 4.28. The number of nitrogens with zero attached hydrogens (tertiary/aromatic N) is 6. The zero-order valence-corrected chi connectivity index (χ0v) is 19.8. The molecule has 180 valence electrons. The van der Waals surface area contributed by atoms with E-state index >= 15 is 0 Å². The molecule has 0 radical (unpaired) electrons. The molecule has 1 saturated heterocycles. The topological polar surface area (TPSA) is 78.8 Å². The summed E-state index contributed by atoms with van der Waals surface area (Å²) in [5.41, 5.74) is 0.618. The van der Waals surface area contributed by atoms with Crippen molar-refractivity contribution in [2.75, 3.05) is 18.0 Å². The Bertz CT molecular complexity index is 1470. The molecule has 7 nitrogen and oxygen atoms in total. The Kier molecular flexibility index (Phi) is 6.26. The van der Waals surface area contributed by atoms with Crippen LogP contribution in [0.15, 0.2) is 23.2 Å². The van der Waals surface area contributed by atoms with Crippen LogP contribution in [-0.2, 0) is 4.74 Å². The molecule has 1 aliphatic heterocycles. The first kappa shape index (κ1) is 23.4. The van der Waals surface area contributed by atoms with Crippen LogP contribution in [0.25, 0.3) is 17.9 Å². The van der Waals surface area contributed by atoms with Crippen LogP contribution >= 0.6 is 11.6 Å². The standard InChI is InChI=1S/C25H23ClF2N6O/c1-14-20(9-15-6-7-17(26)8-16(15)11-30-2)25(33-12-19(13-33)35-18-4-3-5-18)34-24(31-14)21(10-29)22(32-34)23(27)28/h6-9,11,18-19,23H,2-5,12-13H2,1H3/b15-9+,16-11-. The summed E-state index contributed by atoms with van der Waals surface area (Å²) in [5, 5.41) is 15.8. The van der Waals surface area contributed by atoms with Crippen molar-refractivity contribution in [3.63, 3.8) is 0 Å². The molecule has 35 heavy (non-hydrogen) atoms. The van der Waals surface area contributed by atoms with Gasteiger partial charge in [0.25, 0.3) is 6.43 Å². The monoisotopic (exact) mass is 496 g/mol. The molecular formula is C25H23ClF2N6O. The molecule has 3 aromatic rings. The van der Waals surface area contributed by atoms with E-state index in [4.69, 9.17) is 16.3 Å². The molecule has 2 aliphatic rings. The Hall–Kier alpha value is -3.35. The number of anilines is 1. The normalized spacial score (nSPS) is 17.7. The van der Waals surface area contributed by atoms with Gasteiger partial charge in [0.1, 0.15) is 23.1 Å². The minimum atomic E-state index is -2.89. The second-order valence-corrected chi connectivity index (χ2v) is 9.22. The van der Waals surface area contributed by atoms with E-state index in [0.29, 0.717) is 41.3 Å². The molecule has 10 heteroatoms. The van der Waals surface area contributed by atoms with Gasteiger partial charge in [0.15, 0.2) is 5.65 Å². The predicted molar refractivity (Wildman–Crippen MR) is 130 cm³/mol. The van der Waals surface area contributed by atoms with Crippen LogP contribution < -0.4 is 15.3 Å². The van der Waals surface area contributed by atoms with E-state index in [2.05, 4.69) is 21.8 Å². The van der Waals surface area contributed by atoms with E-state index in [1.807, 2.05) is 23.1 Å². The van der Waals surface area contributed by atoms with Crippen LogP contribution in [-0.4, -0.2) is 46.6 Å². The van der Waals surface area contributed by atoms with E-state index in [-0.39, 0.29) is 17.3 Å². The van der Waals surface area contributed by atoms with Gasteiger partial charge < -0.3 is 9.64 Å². The minimum Gasteiger partial charge on any atom is -0.371 e. The third-order valence-electron chi connectivity index (χ3n) is 6.48. The van der Waals surface area contributed by atoms with Crippen LogP contribution in [0.4, 0.5) is 14.6 Å². The Morgan fingerprint density at radius 3 is 2.69 bits per heavy atom. The second-order valence-electron chi connectivity index (χ2n) is 8.79. The molecule has 0 unspecified atom stereocenters. The van der Waals surface area contributed by atoms with Gasteiger partial charge in [-0.05, 0) is 56.3 Å². The highest BCUT2D eigenvalue weighted by atomic mass is 35.5. The summed E-state index contributed by atoms with van der Waals surface area (Å²) in [6.45, 7) is 6.51. The lowest BCUT2D eigenvalue weighted by Gasteiger charge is -2.44. The van der Waals surface area contributed by atoms with Crippen molar-refractivity contribution in [1.29, 1.82) is 5.26 Å². The number of rotatable bonds is 6. The first-order valence-electron chi connectivity index (χ1n) is 11.3. The van der Waals surface area contributed by atoms with E-state index in [1.54, 1.807) is 25.3 Å². The minimum absolute atomic E-state index is 0.0571. The van der Waals surface area contributed by atoms with E-state index in [9.17, 15) is 14.0 Å². The summed E-state index contributed by atoms with van der Waals surface area (Å²) in [6.07, 6.45) is 4.29. The van der Waals surface area contributed by atoms with Crippen molar-refractivity contribution in [3.8, 4) is 6.07 Å². The van der Waals surface area contributed by atoms with Crippen LogP contribution in [0.1, 0.15) is 48.2 Å². The smallest absolute Gasteiger partial charge is 0.283 e. The number of aryl methyl sites for hydroxylation is 1. The summed E-state index contributed by atoms with van der Waals surface area (Å²) in [4.78, 5) is 10.4. The Morgan fingerprint density at radius 2 is 2.06 bits per heavy atom. The molecule has 0 amide bonds. The van der Waals surface area contributed by atoms with E-state index in [0.717, 1.165) is 23.3 Å². The summed E-state index contributed by atoms with van der Waals surface area (Å²) >= 11 is 6.17. The number of hydrogen-bond donors (Lipinski definition) is 0. The fraction of sp³-hybridized carbons (Fsp3) is 0.360. The van der Waals surface area contributed by atoms with Gasteiger partial charge in [-0.2, -0.15) is 14.9 Å². The van der Waals surface area contributed by atoms with Gasteiger partial charge in [-0.1, -0.05) is 17.7 Å². The third-order valence-corrected chi connectivity index (χ3v) is 6.71. The number of halogens is 3. The van der Waals surface area contributed by atoms with E-state index in [1.165, 1.54) is 10.9 Å². The molecule has 1 saturated carbocycles. The predicted octanol–water partition coefficient (Wildman–Crippen LogP) is 3.53. The van der Waals surface area contributed by atoms with E-state index < -0.39 is 12.1 Å². The highest BCUT2D eigenvalue weighted by Crippen LogP contribution is 2.34. The molecule has 0 bridgehead atoms. The first-order chi connectivity index (χ1) is 16.9. The van der Waals surface area contributed by atoms with Gasteiger partial charge in [-0.25, -0.2) is 13.8 Å². The zero-order chi connectivity index (χ0) is 24.7. The largest absolute Gasteiger partial charge is 0.371 e. The lowest BCUT2D eigenvalue weighted by atomic mass is 9.95. The number of aromatic nitrogens is 3. The number of fused-ring (bicyclic) bond motifs is 1. The highest BCUT2D eigenvalue weighted by molar-refractivity contribution is 6.30. The molecule has 0 N–H and O–H groups in total. The van der Waals surface area contributed by atoms with Gasteiger partial charge >= 0.3 is 0 Å². The molecule has 2 aromatic heterocycles. The quantitative estimate of drug-likeness (QED) is 0.488. The first-order valence-corrected chi connectivity index (χ1v) is 11.7. The van der Waals surface area contributed by atoms with Crippen LogP contribution in [0.2, 0.25) is 5.02 Å². The lowest BCUT2D eigenvalue weighted by Crippen LogP contribution is -2.55. The number of benzene rings is 1. The summed E-state index contributed by atoms with van der Waals surface area (Å²) in [6, 6.07) is 7.24. The van der Waals surface area contributed by atoms with Crippen LogP contribution in [0.5, 0.6) is 0 Å². The average molecular weight is 497 g/mol. The number of alkyl halides is 2. The van der Waals surface area contributed by atoms with Crippen molar-refractivity contribution in [2.24, 2.45) is 4.99 Å². The van der Waals surface area contributed by atoms with Crippen LogP contribution in [0, 0.1) is 18.3 Å². The molecule has 0 spiro atoms. The SMILES string of the molecule is C=N/C=c1/cc(Cl)cc/c1=C\c1c(C)nc2c(C#N)c(C(F)F)nn2c1N1CC(OC2CCC2)C1. The maximum Gasteiger partial charge on any atom is 0.283 e. The number of ether oxygens (including phenoxy) is 1. The molecule has 2 fully saturated rings. The Balaban J connectivity index is 1.70. The van der Waals surface area contributed by atoms with Gasteiger partial charge in [-0.3, -0.25) is 4.99 Å². The van der Waals surface area contributed by atoms with Crippen molar-refractivity contribution in [1.82, 2.24) is 14.6 Å². The molecule has 1 aromatic carbocycles. The van der Waals surface area contributed by atoms with Crippen molar-refractivity contribution >= 4 is 42.1 Å². The Labute approximate surface area is 205 Å². The van der Waals surface area contributed by atoms with Crippen LogP contribution in [0.3, 0.4) is 0 Å².